The Balaban J connectivity index is 2.41. The lowest BCUT2D eigenvalue weighted by Crippen LogP contribution is -2.35. The minimum Gasteiger partial charge on any atom is -0.383 e. The van der Waals surface area contributed by atoms with E-state index in [2.05, 4.69) is 15.6 Å². The van der Waals surface area contributed by atoms with Crippen molar-refractivity contribution >= 4 is 17.4 Å². The Kier molecular flexibility index (Phi) is 6.38. The number of rotatable bonds is 7. The van der Waals surface area contributed by atoms with Crippen LogP contribution in [0.15, 0.2) is 30.5 Å². The number of aromatic nitrogens is 1. The molecule has 0 atom stereocenters. The summed E-state index contributed by atoms with van der Waals surface area (Å²) in [4.78, 5) is 26.2. The molecule has 2 N–H and O–H groups in total. The minimum absolute atomic E-state index is 0.0293. The van der Waals surface area contributed by atoms with Crippen molar-refractivity contribution in [2.45, 2.75) is 19.0 Å². The number of nitrogens with zero attached hydrogens (tertiary/aromatic N) is 1. The molecule has 0 aliphatic carbocycles. The van der Waals surface area contributed by atoms with Crippen molar-refractivity contribution in [3.63, 3.8) is 0 Å². The summed E-state index contributed by atoms with van der Waals surface area (Å²) in [5, 5.41) is 4.98. The van der Waals surface area contributed by atoms with E-state index in [-0.39, 0.29) is 30.6 Å². The number of halogens is 5. The zero-order chi connectivity index (χ0) is 18.4. The first-order valence-electron chi connectivity index (χ1n) is 6.65. The van der Waals surface area contributed by atoms with Crippen LogP contribution >= 0.6 is 0 Å². The van der Waals surface area contributed by atoms with E-state index in [4.69, 9.17) is 0 Å². The van der Waals surface area contributed by atoms with Gasteiger partial charge in [-0.3, -0.25) is 14.6 Å². The number of pyridine rings is 1. The summed E-state index contributed by atoms with van der Waals surface area (Å²) >= 11 is 0. The van der Waals surface area contributed by atoms with Gasteiger partial charge in [-0.2, -0.15) is 22.0 Å². The van der Waals surface area contributed by atoms with Gasteiger partial charge in [-0.05, 0) is 18.2 Å². The Bertz CT molecular complexity index is 629. The average molecular weight is 351 g/mol. The van der Waals surface area contributed by atoms with Gasteiger partial charge in [-0.15, -0.1) is 0 Å². The van der Waals surface area contributed by atoms with Gasteiger partial charge in [0.2, 0.25) is 5.91 Å². The van der Waals surface area contributed by atoms with Gasteiger partial charge in [0.1, 0.15) is 5.69 Å². The molecule has 0 spiro atoms. The van der Waals surface area contributed by atoms with Gasteiger partial charge < -0.3 is 10.6 Å². The van der Waals surface area contributed by atoms with E-state index < -0.39 is 24.1 Å². The SMILES string of the molecule is CC(=O)c1cc(NCCNC(=O)/C=C/C(F)(F)C(F)(F)F)ccn1. The molecule has 0 fully saturated rings. The molecule has 1 rings (SSSR count). The fraction of sp³-hybridized carbons (Fsp3) is 0.357. The van der Waals surface area contributed by atoms with Crippen LogP contribution in [0.25, 0.3) is 0 Å². The van der Waals surface area contributed by atoms with Crippen LogP contribution in [0.4, 0.5) is 27.6 Å². The molecule has 0 bridgehead atoms. The van der Waals surface area contributed by atoms with Crippen LogP contribution in [0.1, 0.15) is 17.4 Å². The molecule has 0 aromatic carbocycles. The summed E-state index contributed by atoms with van der Waals surface area (Å²) in [6.07, 6.45) is -4.72. The van der Waals surface area contributed by atoms with Gasteiger partial charge in [-0.25, -0.2) is 0 Å². The molecule has 0 saturated heterocycles. The van der Waals surface area contributed by atoms with Crippen molar-refractivity contribution in [3.05, 3.63) is 36.2 Å². The number of ketones is 1. The smallest absolute Gasteiger partial charge is 0.383 e. The van der Waals surface area contributed by atoms with Gasteiger partial charge in [0.25, 0.3) is 0 Å². The molecule has 0 aliphatic heterocycles. The second-order valence-corrected chi connectivity index (χ2v) is 4.66. The predicted octanol–water partition coefficient (Wildman–Crippen LogP) is 2.57. The Morgan fingerprint density at radius 2 is 1.88 bits per heavy atom. The standard InChI is InChI=1S/C14H14F5N3O2/c1-9(23)11-8-10(3-5-21-11)20-6-7-22-12(24)2-4-13(15,16)14(17,18)19/h2-5,8H,6-7H2,1H3,(H,20,21)(H,22,24)/b4-2+. The van der Waals surface area contributed by atoms with E-state index in [0.717, 1.165) is 0 Å². The van der Waals surface area contributed by atoms with Crippen molar-refractivity contribution in [1.29, 1.82) is 0 Å². The van der Waals surface area contributed by atoms with E-state index >= 15 is 0 Å². The lowest BCUT2D eigenvalue weighted by molar-refractivity contribution is -0.259. The maximum atomic E-state index is 12.6. The number of amides is 1. The van der Waals surface area contributed by atoms with Crippen LogP contribution in [-0.4, -0.2) is 41.9 Å². The third kappa shape index (κ3) is 5.94. The van der Waals surface area contributed by atoms with Crippen LogP contribution in [0, 0.1) is 0 Å². The zero-order valence-electron chi connectivity index (χ0n) is 12.5. The van der Waals surface area contributed by atoms with E-state index in [9.17, 15) is 31.5 Å². The minimum atomic E-state index is -5.75. The number of allylic oxidation sites excluding steroid dienone is 1. The first-order valence-corrected chi connectivity index (χ1v) is 6.65. The van der Waals surface area contributed by atoms with Crippen LogP contribution in [0.3, 0.4) is 0 Å². The first-order chi connectivity index (χ1) is 11.0. The number of carbonyl (C=O) groups excluding carboxylic acids is 2. The fourth-order valence-electron chi connectivity index (χ4n) is 1.46. The maximum absolute atomic E-state index is 12.6. The molecule has 1 aromatic heterocycles. The number of Topliss-reactive ketones (excluding diaryl/α,β-unsaturated/α-hetero) is 1. The Hall–Kier alpha value is -2.52. The normalized spacial score (nSPS) is 12.2. The van der Waals surface area contributed by atoms with E-state index in [0.29, 0.717) is 5.69 Å². The molecule has 1 amide bonds. The van der Waals surface area contributed by atoms with Gasteiger partial charge in [0.05, 0.1) is 0 Å². The molecule has 1 heterocycles. The van der Waals surface area contributed by atoms with Crippen molar-refractivity contribution in [2.24, 2.45) is 0 Å². The van der Waals surface area contributed by atoms with Crippen LogP contribution in [0.2, 0.25) is 0 Å². The molecule has 0 unspecified atom stereocenters. The largest absolute Gasteiger partial charge is 0.457 e. The second-order valence-electron chi connectivity index (χ2n) is 4.66. The summed E-state index contributed by atoms with van der Waals surface area (Å²) in [6, 6.07) is 3.05. The highest BCUT2D eigenvalue weighted by molar-refractivity contribution is 5.92. The summed E-state index contributed by atoms with van der Waals surface area (Å²) in [7, 11) is 0. The quantitative estimate of drug-likeness (QED) is 0.343. The van der Waals surface area contributed by atoms with Crippen molar-refractivity contribution in [3.8, 4) is 0 Å². The fourth-order valence-corrected chi connectivity index (χ4v) is 1.46. The van der Waals surface area contributed by atoms with E-state index in [1.165, 1.54) is 19.2 Å². The number of anilines is 1. The van der Waals surface area contributed by atoms with Gasteiger partial charge in [0, 0.05) is 38.0 Å². The monoisotopic (exact) mass is 351 g/mol. The molecule has 5 nitrogen and oxygen atoms in total. The molecule has 24 heavy (non-hydrogen) atoms. The molecule has 132 valence electrons. The molecule has 0 aliphatic rings. The van der Waals surface area contributed by atoms with Crippen molar-refractivity contribution < 1.29 is 31.5 Å². The number of carbonyl (C=O) groups is 2. The van der Waals surface area contributed by atoms with Crippen LogP contribution < -0.4 is 10.6 Å². The average Bonchev–Trinajstić information content (AvgIpc) is 2.49. The topological polar surface area (TPSA) is 71.1 Å². The number of hydrogen-bond acceptors (Lipinski definition) is 4. The summed E-state index contributed by atoms with van der Waals surface area (Å²) < 4.78 is 60.8. The maximum Gasteiger partial charge on any atom is 0.457 e. The lowest BCUT2D eigenvalue weighted by atomic mass is 10.2. The van der Waals surface area contributed by atoms with Crippen molar-refractivity contribution in [2.75, 3.05) is 18.4 Å². The molecular weight excluding hydrogens is 337 g/mol. The van der Waals surface area contributed by atoms with Crippen LogP contribution in [-0.2, 0) is 4.79 Å². The van der Waals surface area contributed by atoms with Crippen molar-refractivity contribution in [1.82, 2.24) is 10.3 Å². The highest BCUT2D eigenvalue weighted by Gasteiger charge is 2.55. The molecular formula is C14H14F5N3O2. The molecule has 1 aromatic rings. The molecule has 0 saturated carbocycles. The summed E-state index contributed by atoms with van der Waals surface area (Å²) in [6.45, 7) is 1.48. The van der Waals surface area contributed by atoms with E-state index in [1.54, 1.807) is 6.07 Å². The Labute approximate surface area is 133 Å². The summed E-state index contributed by atoms with van der Waals surface area (Å²) in [5.41, 5.74) is 0.782. The van der Waals surface area contributed by atoms with Gasteiger partial charge in [-0.1, -0.05) is 0 Å². The second kappa shape index (κ2) is 7.84. The number of alkyl halides is 5. The van der Waals surface area contributed by atoms with E-state index in [1.807, 2.05) is 0 Å². The summed E-state index contributed by atoms with van der Waals surface area (Å²) in [5.74, 6) is -6.38. The Morgan fingerprint density at radius 1 is 1.21 bits per heavy atom. The third-order valence-corrected chi connectivity index (χ3v) is 2.70. The van der Waals surface area contributed by atoms with Gasteiger partial charge in [0.15, 0.2) is 5.78 Å². The highest BCUT2D eigenvalue weighted by Crippen LogP contribution is 2.36. The molecule has 10 heteroatoms. The van der Waals surface area contributed by atoms with Crippen LogP contribution in [0.5, 0.6) is 0 Å². The predicted molar refractivity (Wildman–Crippen MR) is 75.9 cm³/mol. The number of hydrogen-bond donors (Lipinski definition) is 2. The Morgan fingerprint density at radius 3 is 2.46 bits per heavy atom. The number of nitrogens with one attached hydrogen (secondary N) is 2. The lowest BCUT2D eigenvalue weighted by Gasteiger charge is -2.15. The third-order valence-electron chi connectivity index (χ3n) is 2.70. The van der Waals surface area contributed by atoms with Gasteiger partial charge >= 0.3 is 12.1 Å². The molecule has 0 radical (unpaired) electrons. The first kappa shape index (κ1) is 19.5. The highest BCUT2D eigenvalue weighted by atomic mass is 19.4. The zero-order valence-corrected chi connectivity index (χ0v) is 12.5.